The number of thiophene rings is 1. The van der Waals surface area contributed by atoms with Crippen molar-refractivity contribution in [1.82, 2.24) is 5.32 Å². The van der Waals surface area contributed by atoms with Crippen LogP contribution in [0, 0.1) is 0 Å². The van der Waals surface area contributed by atoms with Crippen molar-refractivity contribution in [3.05, 3.63) is 35.2 Å². The van der Waals surface area contributed by atoms with Gasteiger partial charge in [-0.25, -0.2) is 4.79 Å². The number of fused-ring (bicyclic) bond motifs is 1. The molecule has 2 aromatic rings. The summed E-state index contributed by atoms with van der Waals surface area (Å²) in [6.07, 6.45) is -0.00797. The molecule has 1 aromatic heterocycles. The number of nitrogens with one attached hydrogen (secondary N) is 1. The standard InChI is InChI=1S/C13H13NO4S/c15-6-5-9(13(17)18)14-12(16)11-7-8-3-1-2-4-10(8)19-11/h1-4,7,9,15H,5-6H2,(H,14,16)(H,17,18)/t9-/m0/s1. The van der Waals surface area contributed by atoms with Crippen molar-refractivity contribution < 1.29 is 19.8 Å². The summed E-state index contributed by atoms with van der Waals surface area (Å²) in [5, 5.41) is 21.0. The first kappa shape index (κ1) is 13.5. The lowest BCUT2D eigenvalue weighted by molar-refractivity contribution is -0.139. The average molecular weight is 279 g/mol. The number of carbonyl (C=O) groups excluding carboxylic acids is 1. The Morgan fingerprint density at radius 2 is 2.05 bits per heavy atom. The SMILES string of the molecule is O=C(N[C@@H](CCO)C(=O)O)c1cc2ccccc2s1. The molecule has 19 heavy (non-hydrogen) atoms. The van der Waals surface area contributed by atoms with E-state index < -0.39 is 17.9 Å². The van der Waals surface area contributed by atoms with Crippen LogP contribution in [-0.4, -0.2) is 34.7 Å². The number of aliphatic hydroxyl groups excluding tert-OH is 1. The monoisotopic (exact) mass is 279 g/mol. The maximum absolute atomic E-state index is 12.0. The van der Waals surface area contributed by atoms with Crippen LogP contribution in [0.2, 0.25) is 0 Å². The maximum Gasteiger partial charge on any atom is 0.326 e. The van der Waals surface area contributed by atoms with Crippen LogP contribution in [0.3, 0.4) is 0 Å². The fraction of sp³-hybridized carbons (Fsp3) is 0.231. The Morgan fingerprint density at radius 1 is 1.32 bits per heavy atom. The van der Waals surface area contributed by atoms with E-state index in [2.05, 4.69) is 5.32 Å². The second-order valence-electron chi connectivity index (χ2n) is 4.03. The van der Waals surface area contributed by atoms with Crippen molar-refractivity contribution in [3.8, 4) is 0 Å². The molecule has 0 spiro atoms. The molecule has 0 aliphatic heterocycles. The summed E-state index contributed by atoms with van der Waals surface area (Å²) in [7, 11) is 0. The van der Waals surface area contributed by atoms with Gasteiger partial charge < -0.3 is 15.5 Å². The first-order valence-electron chi connectivity index (χ1n) is 5.75. The molecule has 0 bridgehead atoms. The Bertz CT molecular complexity index is 574. The molecule has 1 heterocycles. The van der Waals surface area contributed by atoms with Gasteiger partial charge in [0.2, 0.25) is 0 Å². The number of hydrogen-bond acceptors (Lipinski definition) is 4. The van der Waals surface area contributed by atoms with Gasteiger partial charge in [0.25, 0.3) is 5.91 Å². The van der Waals surface area contributed by atoms with Crippen LogP contribution in [0.5, 0.6) is 0 Å². The summed E-state index contributed by atoms with van der Waals surface area (Å²) in [4.78, 5) is 23.3. The van der Waals surface area contributed by atoms with E-state index in [4.69, 9.17) is 10.2 Å². The first-order chi connectivity index (χ1) is 9.11. The summed E-state index contributed by atoms with van der Waals surface area (Å²) < 4.78 is 0.974. The fourth-order valence-corrected chi connectivity index (χ4v) is 2.68. The molecular weight excluding hydrogens is 266 g/mol. The number of rotatable bonds is 5. The molecule has 0 unspecified atom stereocenters. The maximum atomic E-state index is 12.0. The molecule has 0 radical (unpaired) electrons. The largest absolute Gasteiger partial charge is 0.480 e. The predicted octanol–water partition coefficient (Wildman–Crippen LogP) is 1.47. The Morgan fingerprint density at radius 3 is 2.68 bits per heavy atom. The van der Waals surface area contributed by atoms with Crippen LogP contribution in [0.25, 0.3) is 10.1 Å². The van der Waals surface area contributed by atoms with Gasteiger partial charge in [0.05, 0.1) is 4.88 Å². The predicted molar refractivity (Wildman–Crippen MR) is 72.4 cm³/mol. The van der Waals surface area contributed by atoms with Gasteiger partial charge in [-0.1, -0.05) is 18.2 Å². The van der Waals surface area contributed by atoms with Gasteiger partial charge in [-0.3, -0.25) is 4.79 Å². The van der Waals surface area contributed by atoms with E-state index in [0.29, 0.717) is 4.88 Å². The van der Waals surface area contributed by atoms with Gasteiger partial charge in [-0.15, -0.1) is 11.3 Å². The number of aliphatic carboxylic acids is 1. The molecule has 0 saturated carbocycles. The topological polar surface area (TPSA) is 86.6 Å². The summed E-state index contributed by atoms with van der Waals surface area (Å²) in [5.74, 6) is -1.58. The van der Waals surface area contributed by atoms with Crippen LogP contribution >= 0.6 is 11.3 Å². The van der Waals surface area contributed by atoms with Crippen molar-refractivity contribution in [2.45, 2.75) is 12.5 Å². The Hall–Kier alpha value is -1.92. The van der Waals surface area contributed by atoms with E-state index in [0.717, 1.165) is 10.1 Å². The first-order valence-corrected chi connectivity index (χ1v) is 6.56. The van der Waals surface area contributed by atoms with Crippen molar-refractivity contribution in [2.24, 2.45) is 0 Å². The van der Waals surface area contributed by atoms with Gasteiger partial charge in [-0.2, -0.15) is 0 Å². The third-order valence-corrected chi connectivity index (χ3v) is 3.79. The summed E-state index contributed by atoms with van der Waals surface area (Å²) in [5.41, 5.74) is 0. The van der Waals surface area contributed by atoms with Crippen molar-refractivity contribution in [3.63, 3.8) is 0 Å². The van der Waals surface area contributed by atoms with Gasteiger partial charge in [0.1, 0.15) is 6.04 Å². The molecule has 0 aliphatic rings. The zero-order valence-electron chi connectivity index (χ0n) is 10.00. The van der Waals surface area contributed by atoms with E-state index >= 15 is 0 Å². The molecular formula is C13H13NO4S. The van der Waals surface area contributed by atoms with Crippen LogP contribution < -0.4 is 5.32 Å². The number of aliphatic hydroxyl groups is 1. The lowest BCUT2D eigenvalue weighted by atomic mass is 10.2. The highest BCUT2D eigenvalue weighted by atomic mass is 32.1. The van der Waals surface area contributed by atoms with Crippen LogP contribution in [0.15, 0.2) is 30.3 Å². The minimum Gasteiger partial charge on any atom is -0.480 e. The molecule has 6 heteroatoms. The van der Waals surface area contributed by atoms with Crippen molar-refractivity contribution in [2.75, 3.05) is 6.61 Å². The molecule has 5 nitrogen and oxygen atoms in total. The Labute approximate surface area is 113 Å². The third-order valence-electron chi connectivity index (χ3n) is 2.67. The highest BCUT2D eigenvalue weighted by molar-refractivity contribution is 7.20. The van der Waals surface area contributed by atoms with Gasteiger partial charge in [-0.05, 0) is 17.5 Å². The second-order valence-corrected chi connectivity index (χ2v) is 5.11. The number of carboxylic acid groups (broad SMARTS) is 1. The highest BCUT2D eigenvalue weighted by Gasteiger charge is 2.21. The highest BCUT2D eigenvalue weighted by Crippen LogP contribution is 2.25. The number of benzene rings is 1. The van der Waals surface area contributed by atoms with Crippen LogP contribution in [0.4, 0.5) is 0 Å². The molecule has 1 atom stereocenters. The summed E-state index contributed by atoms with van der Waals surface area (Å²) >= 11 is 1.31. The van der Waals surface area contributed by atoms with Crippen LogP contribution in [0.1, 0.15) is 16.1 Å². The number of carbonyl (C=O) groups is 2. The molecule has 100 valence electrons. The fourth-order valence-electron chi connectivity index (χ4n) is 1.71. The minimum absolute atomic E-state index is 0.00797. The molecule has 1 aromatic carbocycles. The Balaban J connectivity index is 2.16. The smallest absolute Gasteiger partial charge is 0.326 e. The normalized spacial score (nSPS) is 12.3. The molecule has 3 N–H and O–H groups in total. The van der Waals surface area contributed by atoms with E-state index in [1.165, 1.54) is 11.3 Å². The molecule has 0 saturated heterocycles. The van der Waals surface area contributed by atoms with E-state index in [1.807, 2.05) is 24.3 Å². The van der Waals surface area contributed by atoms with Gasteiger partial charge in [0, 0.05) is 17.7 Å². The summed E-state index contributed by atoms with van der Waals surface area (Å²) in [6, 6.07) is 8.22. The number of hydrogen-bond donors (Lipinski definition) is 3. The molecule has 1 amide bonds. The van der Waals surface area contributed by atoms with Gasteiger partial charge in [0.15, 0.2) is 0 Å². The van der Waals surface area contributed by atoms with Gasteiger partial charge >= 0.3 is 5.97 Å². The lowest BCUT2D eigenvalue weighted by Gasteiger charge is -2.11. The van der Waals surface area contributed by atoms with Crippen molar-refractivity contribution in [1.29, 1.82) is 0 Å². The number of amides is 1. The zero-order chi connectivity index (χ0) is 13.8. The zero-order valence-corrected chi connectivity index (χ0v) is 10.8. The molecule has 0 fully saturated rings. The van der Waals surface area contributed by atoms with E-state index in [-0.39, 0.29) is 13.0 Å². The van der Waals surface area contributed by atoms with E-state index in [1.54, 1.807) is 6.07 Å². The molecule has 0 aliphatic carbocycles. The lowest BCUT2D eigenvalue weighted by Crippen LogP contribution is -2.41. The van der Waals surface area contributed by atoms with Crippen LogP contribution in [-0.2, 0) is 4.79 Å². The Kier molecular flexibility index (Phi) is 4.13. The number of carboxylic acids is 1. The van der Waals surface area contributed by atoms with E-state index in [9.17, 15) is 9.59 Å². The molecule has 2 rings (SSSR count). The summed E-state index contributed by atoms with van der Waals surface area (Å²) in [6.45, 7) is -0.288. The third kappa shape index (κ3) is 3.10. The average Bonchev–Trinajstić information content (AvgIpc) is 2.81. The minimum atomic E-state index is -1.15. The second kappa shape index (κ2) is 5.81. The quantitative estimate of drug-likeness (QED) is 0.773. The van der Waals surface area contributed by atoms with Crippen molar-refractivity contribution >= 4 is 33.3 Å².